The van der Waals surface area contributed by atoms with Gasteiger partial charge in [0.2, 0.25) is 0 Å². The molecule has 0 unspecified atom stereocenters. The maximum absolute atomic E-state index is 9.18. The van der Waals surface area contributed by atoms with Gasteiger partial charge < -0.3 is 5.32 Å². The van der Waals surface area contributed by atoms with E-state index in [-0.39, 0.29) is 5.92 Å². The lowest BCUT2D eigenvalue weighted by Crippen LogP contribution is -2.03. The Morgan fingerprint density at radius 3 is 1.55 bits per heavy atom. The van der Waals surface area contributed by atoms with Gasteiger partial charge in [-0.05, 0) is 37.1 Å². The summed E-state index contributed by atoms with van der Waals surface area (Å²) in [5.41, 5.74) is 2.09. The molecular formula is C18H20N2. The summed E-state index contributed by atoms with van der Waals surface area (Å²) in [5.74, 6) is -0.160. The Morgan fingerprint density at radius 1 is 0.800 bits per heavy atom. The quantitative estimate of drug-likeness (QED) is 0.897. The van der Waals surface area contributed by atoms with Crippen molar-refractivity contribution in [2.75, 3.05) is 13.1 Å². The van der Waals surface area contributed by atoms with Gasteiger partial charge in [-0.15, -0.1) is 0 Å². The zero-order chi connectivity index (χ0) is 14.0. The molecule has 2 aromatic carbocycles. The van der Waals surface area contributed by atoms with Crippen LogP contribution in [-0.2, 0) is 0 Å². The third-order valence-electron chi connectivity index (χ3n) is 3.35. The molecule has 20 heavy (non-hydrogen) atoms. The fourth-order valence-corrected chi connectivity index (χ4v) is 2.26. The fourth-order valence-electron chi connectivity index (χ4n) is 2.26. The van der Waals surface area contributed by atoms with Crippen molar-refractivity contribution in [3.05, 3.63) is 71.8 Å². The lowest BCUT2D eigenvalue weighted by molar-refractivity contribution is 0.857. The molecule has 1 aliphatic rings. The van der Waals surface area contributed by atoms with Crippen LogP contribution in [0.25, 0.3) is 0 Å². The molecule has 3 rings (SSSR count). The predicted octanol–water partition coefficient (Wildman–Crippen LogP) is 3.71. The van der Waals surface area contributed by atoms with Gasteiger partial charge in [0, 0.05) is 0 Å². The first-order valence-corrected chi connectivity index (χ1v) is 7.12. The van der Waals surface area contributed by atoms with E-state index in [2.05, 4.69) is 11.4 Å². The van der Waals surface area contributed by atoms with Crippen LogP contribution in [0.15, 0.2) is 60.7 Å². The predicted molar refractivity (Wildman–Crippen MR) is 82.4 cm³/mol. The minimum Gasteiger partial charge on any atom is -0.317 e. The Labute approximate surface area is 121 Å². The van der Waals surface area contributed by atoms with E-state index < -0.39 is 0 Å². The summed E-state index contributed by atoms with van der Waals surface area (Å²) < 4.78 is 0. The van der Waals surface area contributed by atoms with Crippen LogP contribution in [-0.4, -0.2) is 13.1 Å². The van der Waals surface area contributed by atoms with Gasteiger partial charge in [0.15, 0.2) is 0 Å². The third kappa shape index (κ3) is 4.22. The van der Waals surface area contributed by atoms with Gasteiger partial charge in [-0.25, -0.2) is 0 Å². The largest absolute Gasteiger partial charge is 0.317 e. The van der Waals surface area contributed by atoms with Gasteiger partial charge in [-0.3, -0.25) is 0 Å². The normalized spacial score (nSPS) is 13.4. The van der Waals surface area contributed by atoms with E-state index in [0.717, 1.165) is 11.1 Å². The molecule has 0 bridgehead atoms. The summed E-state index contributed by atoms with van der Waals surface area (Å²) in [5, 5.41) is 12.4. The molecule has 0 saturated carbocycles. The molecule has 2 aromatic rings. The summed E-state index contributed by atoms with van der Waals surface area (Å²) in [6.45, 7) is 2.50. The van der Waals surface area contributed by atoms with Crippen molar-refractivity contribution in [2.24, 2.45) is 0 Å². The first-order chi connectivity index (χ1) is 9.92. The van der Waals surface area contributed by atoms with E-state index in [9.17, 15) is 5.26 Å². The molecular weight excluding hydrogens is 244 g/mol. The minimum atomic E-state index is -0.160. The summed E-state index contributed by atoms with van der Waals surface area (Å²) in [6, 6.07) is 22.0. The Bertz CT molecular complexity index is 477. The van der Waals surface area contributed by atoms with E-state index in [1.807, 2.05) is 60.7 Å². The lowest BCUT2D eigenvalue weighted by Gasteiger charge is -2.08. The van der Waals surface area contributed by atoms with Crippen molar-refractivity contribution in [1.82, 2.24) is 5.32 Å². The van der Waals surface area contributed by atoms with Gasteiger partial charge in [-0.2, -0.15) is 5.26 Å². The van der Waals surface area contributed by atoms with E-state index in [1.54, 1.807) is 0 Å². The van der Waals surface area contributed by atoms with Crippen LogP contribution in [0.3, 0.4) is 0 Å². The molecule has 0 aromatic heterocycles. The first kappa shape index (κ1) is 14.3. The van der Waals surface area contributed by atoms with Crippen molar-refractivity contribution < 1.29 is 0 Å². The Hall–Kier alpha value is -2.11. The van der Waals surface area contributed by atoms with Gasteiger partial charge in [0.1, 0.15) is 0 Å². The topological polar surface area (TPSA) is 35.8 Å². The molecule has 0 aliphatic carbocycles. The number of nitrogens with one attached hydrogen (secondary N) is 1. The van der Waals surface area contributed by atoms with Crippen molar-refractivity contribution in [1.29, 1.82) is 5.26 Å². The molecule has 1 saturated heterocycles. The van der Waals surface area contributed by atoms with E-state index in [0.29, 0.717) is 0 Å². The maximum Gasteiger partial charge on any atom is 0.0962 e. The standard InChI is InChI=1S/C14H11N.C4H9N/c15-11-14(12-7-3-1-4-8-12)13-9-5-2-6-10-13;1-2-4-5-3-1/h1-10,14H;5H,1-4H2. The van der Waals surface area contributed by atoms with Gasteiger partial charge in [0.05, 0.1) is 12.0 Å². The highest BCUT2D eigenvalue weighted by Crippen LogP contribution is 2.22. The number of hydrogen-bond donors (Lipinski definition) is 1. The number of nitriles is 1. The molecule has 0 spiro atoms. The van der Waals surface area contributed by atoms with Crippen LogP contribution in [0.5, 0.6) is 0 Å². The Kier molecular flexibility index (Phi) is 5.82. The molecule has 1 N–H and O–H groups in total. The van der Waals surface area contributed by atoms with Crippen LogP contribution in [0.4, 0.5) is 0 Å². The van der Waals surface area contributed by atoms with Gasteiger partial charge in [0.25, 0.3) is 0 Å². The average Bonchev–Trinajstić information content (AvgIpc) is 3.10. The number of benzene rings is 2. The van der Waals surface area contributed by atoms with Gasteiger partial charge >= 0.3 is 0 Å². The van der Waals surface area contributed by atoms with Crippen LogP contribution >= 0.6 is 0 Å². The number of hydrogen-bond acceptors (Lipinski definition) is 2. The van der Waals surface area contributed by atoms with E-state index in [4.69, 9.17) is 0 Å². The third-order valence-corrected chi connectivity index (χ3v) is 3.35. The number of nitrogens with zero attached hydrogens (tertiary/aromatic N) is 1. The molecule has 1 fully saturated rings. The second-order valence-corrected chi connectivity index (χ2v) is 4.84. The van der Waals surface area contributed by atoms with E-state index in [1.165, 1.54) is 25.9 Å². The lowest BCUT2D eigenvalue weighted by atomic mass is 9.93. The summed E-state index contributed by atoms with van der Waals surface area (Å²) in [7, 11) is 0. The number of rotatable bonds is 2. The highest BCUT2D eigenvalue weighted by molar-refractivity contribution is 5.37. The molecule has 1 heterocycles. The van der Waals surface area contributed by atoms with Crippen LogP contribution < -0.4 is 5.32 Å². The van der Waals surface area contributed by atoms with Crippen LogP contribution in [0.2, 0.25) is 0 Å². The minimum absolute atomic E-state index is 0.160. The van der Waals surface area contributed by atoms with Crippen LogP contribution in [0.1, 0.15) is 29.9 Å². The Balaban J connectivity index is 0.000000247. The van der Waals surface area contributed by atoms with Crippen LogP contribution in [0, 0.1) is 11.3 Å². The average molecular weight is 264 g/mol. The second kappa shape index (κ2) is 8.14. The van der Waals surface area contributed by atoms with Crippen molar-refractivity contribution in [3.8, 4) is 6.07 Å². The smallest absolute Gasteiger partial charge is 0.0962 e. The fraction of sp³-hybridized carbons (Fsp3) is 0.278. The first-order valence-electron chi connectivity index (χ1n) is 7.12. The molecule has 1 aliphatic heterocycles. The molecule has 102 valence electrons. The summed E-state index contributed by atoms with van der Waals surface area (Å²) in [4.78, 5) is 0. The molecule has 2 nitrogen and oxygen atoms in total. The zero-order valence-electron chi connectivity index (χ0n) is 11.6. The highest BCUT2D eigenvalue weighted by Gasteiger charge is 2.11. The maximum atomic E-state index is 9.18. The highest BCUT2D eigenvalue weighted by atomic mass is 14.9. The molecule has 2 heteroatoms. The summed E-state index contributed by atoms with van der Waals surface area (Å²) in [6.07, 6.45) is 2.78. The summed E-state index contributed by atoms with van der Waals surface area (Å²) >= 11 is 0. The zero-order valence-corrected chi connectivity index (χ0v) is 11.6. The Morgan fingerprint density at radius 2 is 1.25 bits per heavy atom. The molecule has 0 atom stereocenters. The molecule has 0 radical (unpaired) electrons. The monoisotopic (exact) mass is 264 g/mol. The van der Waals surface area contributed by atoms with Crippen molar-refractivity contribution in [3.63, 3.8) is 0 Å². The van der Waals surface area contributed by atoms with Crippen molar-refractivity contribution >= 4 is 0 Å². The van der Waals surface area contributed by atoms with Crippen molar-refractivity contribution in [2.45, 2.75) is 18.8 Å². The SMILES string of the molecule is C1CCNC1.N#CC(c1ccccc1)c1ccccc1. The van der Waals surface area contributed by atoms with E-state index >= 15 is 0 Å². The second-order valence-electron chi connectivity index (χ2n) is 4.84. The molecule has 0 amide bonds. The van der Waals surface area contributed by atoms with Gasteiger partial charge in [-0.1, -0.05) is 60.7 Å².